The number of thiol groups is 1. The number of aliphatic hydroxyl groups excluding tert-OH is 1. The molecule has 1 saturated heterocycles. The van der Waals surface area contributed by atoms with Gasteiger partial charge in [-0.25, -0.2) is 0 Å². The van der Waals surface area contributed by atoms with Crippen LogP contribution in [0.5, 0.6) is 0 Å². The molecule has 1 N–H and O–H groups in total. The van der Waals surface area contributed by atoms with Gasteiger partial charge in [-0.15, -0.1) is 12.6 Å². The molecule has 1 aliphatic heterocycles. The van der Waals surface area contributed by atoms with Gasteiger partial charge in [-0.05, 0) is 36.5 Å². The number of carbonyl (C=O) groups excluding carboxylic acids is 1. The van der Waals surface area contributed by atoms with Gasteiger partial charge in [-0.2, -0.15) is 0 Å². The van der Waals surface area contributed by atoms with Crippen molar-refractivity contribution in [3.63, 3.8) is 0 Å². The summed E-state index contributed by atoms with van der Waals surface area (Å²) in [7, 11) is 0. The van der Waals surface area contributed by atoms with Gasteiger partial charge < -0.3 is 10.0 Å². The minimum absolute atomic E-state index is 0.179. The number of piperidine rings is 1. The molecule has 4 heteroatoms. The van der Waals surface area contributed by atoms with Crippen LogP contribution in [-0.4, -0.2) is 35.6 Å². The Morgan fingerprint density at radius 3 is 2.44 bits per heavy atom. The maximum absolute atomic E-state index is 12.1. The molecule has 0 spiro atoms. The predicted octanol–water partition coefficient (Wildman–Crippen LogP) is 1.75. The van der Waals surface area contributed by atoms with E-state index in [9.17, 15) is 4.79 Å². The zero-order valence-corrected chi connectivity index (χ0v) is 11.3. The maximum Gasteiger partial charge on any atom is 0.226 e. The number of hydrogen-bond acceptors (Lipinski definition) is 3. The van der Waals surface area contributed by atoms with E-state index in [0.29, 0.717) is 12.3 Å². The van der Waals surface area contributed by atoms with E-state index in [1.165, 1.54) is 0 Å². The van der Waals surface area contributed by atoms with Crippen LogP contribution in [-0.2, 0) is 11.2 Å². The Balaban J connectivity index is 1.87. The number of aliphatic hydroxyl groups is 1. The Kier molecular flexibility index (Phi) is 4.66. The monoisotopic (exact) mass is 265 g/mol. The van der Waals surface area contributed by atoms with Crippen LogP contribution in [0.4, 0.5) is 0 Å². The molecule has 3 nitrogen and oxygen atoms in total. The fourth-order valence-corrected chi connectivity index (χ4v) is 2.41. The topological polar surface area (TPSA) is 40.5 Å². The SMILES string of the molecule is O=C(Cc1ccc(S)cc1)N1CCC(CO)CC1. The number of hydrogen-bond donors (Lipinski definition) is 2. The number of nitrogens with zero attached hydrogens (tertiary/aromatic N) is 1. The lowest BCUT2D eigenvalue weighted by atomic mass is 9.97. The van der Waals surface area contributed by atoms with E-state index < -0.39 is 0 Å². The Bertz CT molecular complexity index is 397. The largest absolute Gasteiger partial charge is 0.396 e. The summed E-state index contributed by atoms with van der Waals surface area (Å²) >= 11 is 4.23. The van der Waals surface area contributed by atoms with Crippen molar-refractivity contribution in [2.45, 2.75) is 24.2 Å². The highest BCUT2D eigenvalue weighted by Gasteiger charge is 2.22. The van der Waals surface area contributed by atoms with Crippen LogP contribution in [0.15, 0.2) is 29.2 Å². The first-order valence-corrected chi connectivity index (χ1v) is 6.80. The van der Waals surface area contributed by atoms with Crippen molar-refractivity contribution in [2.24, 2.45) is 5.92 Å². The highest BCUT2D eigenvalue weighted by molar-refractivity contribution is 7.80. The predicted molar refractivity (Wildman–Crippen MR) is 73.8 cm³/mol. The van der Waals surface area contributed by atoms with E-state index in [4.69, 9.17) is 5.11 Å². The van der Waals surface area contributed by atoms with Gasteiger partial charge in [0.05, 0.1) is 6.42 Å². The molecule has 0 aromatic heterocycles. The number of likely N-dealkylation sites (tertiary alicyclic amines) is 1. The molecule has 1 aliphatic rings. The average molecular weight is 265 g/mol. The fourth-order valence-electron chi connectivity index (χ4n) is 2.27. The summed E-state index contributed by atoms with van der Waals surface area (Å²) in [6, 6.07) is 7.70. The quantitative estimate of drug-likeness (QED) is 0.818. The third kappa shape index (κ3) is 3.50. The molecule has 0 bridgehead atoms. The highest BCUT2D eigenvalue weighted by atomic mass is 32.1. The number of amides is 1. The molecule has 1 aromatic carbocycles. The van der Waals surface area contributed by atoms with E-state index >= 15 is 0 Å². The summed E-state index contributed by atoms with van der Waals surface area (Å²) in [6.07, 6.45) is 2.29. The van der Waals surface area contributed by atoms with Crippen LogP contribution in [0.1, 0.15) is 18.4 Å². The molecular weight excluding hydrogens is 246 g/mol. The van der Waals surface area contributed by atoms with Crippen molar-refractivity contribution in [1.82, 2.24) is 4.90 Å². The van der Waals surface area contributed by atoms with Gasteiger partial charge >= 0.3 is 0 Å². The van der Waals surface area contributed by atoms with Crippen molar-refractivity contribution in [3.05, 3.63) is 29.8 Å². The molecule has 2 rings (SSSR count). The maximum atomic E-state index is 12.1. The molecule has 0 saturated carbocycles. The Hall–Kier alpha value is -1.00. The van der Waals surface area contributed by atoms with E-state index in [1.54, 1.807) is 0 Å². The molecule has 1 amide bonds. The van der Waals surface area contributed by atoms with E-state index in [0.717, 1.165) is 36.4 Å². The normalized spacial score (nSPS) is 16.9. The number of carbonyl (C=O) groups is 1. The standard InChI is InChI=1S/C14H19NO2S/c16-10-12-5-7-15(8-6-12)14(17)9-11-1-3-13(18)4-2-11/h1-4,12,16,18H,5-10H2. The molecule has 1 heterocycles. The van der Waals surface area contributed by atoms with Crippen LogP contribution >= 0.6 is 12.6 Å². The number of rotatable bonds is 3. The van der Waals surface area contributed by atoms with Crippen LogP contribution in [0.3, 0.4) is 0 Å². The Labute approximate surface area is 113 Å². The Morgan fingerprint density at radius 2 is 1.89 bits per heavy atom. The summed E-state index contributed by atoms with van der Waals surface area (Å²) < 4.78 is 0. The van der Waals surface area contributed by atoms with Gasteiger partial charge in [0.2, 0.25) is 5.91 Å². The first kappa shape index (κ1) is 13.4. The molecule has 1 fully saturated rings. The van der Waals surface area contributed by atoms with Gasteiger partial charge in [-0.1, -0.05) is 12.1 Å². The molecule has 98 valence electrons. The van der Waals surface area contributed by atoms with Gasteiger partial charge in [0, 0.05) is 24.6 Å². The molecular formula is C14H19NO2S. The van der Waals surface area contributed by atoms with Crippen molar-refractivity contribution in [1.29, 1.82) is 0 Å². The summed E-state index contributed by atoms with van der Waals surface area (Å²) in [5, 5.41) is 9.07. The van der Waals surface area contributed by atoms with Crippen LogP contribution in [0.25, 0.3) is 0 Å². The second-order valence-corrected chi connectivity index (χ2v) is 5.37. The molecule has 0 atom stereocenters. The molecule has 0 radical (unpaired) electrons. The minimum atomic E-state index is 0.179. The zero-order chi connectivity index (χ0) is 13.0. The third-order valence-electron chi connectivity index (χ3n) is 3.52. The zero-order valence-electron chi connectivity index (χ0n) is 10.4. The first-order valence-electron chi connectivity index (χ1n) is 6.35. The van der Waals surface area contributed by atoms with E-state index in [1.807, 2.05) is 29.2 Å². The summed E-state index contributed by atoms with van der Waals surface area (Å²) in [5.41, 5.74) is 1.03. The summed E-state index contributed by atoms with van der Waals surface area (Å²) in [6.45, 7) is 1.79. The second kappa shape index (κ2) is 6.25. The Morgan fingerprint density at radius 1 is 1.28 bits per heavy atom. The van der Waals surface area contributed by atoms with Crippen molar-refractivity contribution < 1.29 is 9.90 Å². The second-order valence-electron chi connectivity index (χ2n) is 4.85. The first-order chi connectivity index (χ1) is 8.69. The highest BCUT2D eigenvalue weighted by Crippen LogP contribution is 2.17. The van der Waals surface area contributed by atoms with Crippen molar-refractivity contribution in [2.75, 3.05) is 19.7 Å². The lowest BCUT2D eigenvalue weighted by molar-refractivity contribution is -0.132. The van der Waals surface area contributed by atoms with Crippen LogP contribution < -0.4 is 0 Å². The van der Waals surface area contributed by atoms with E-state index in [-0.39, 0.29) is 12.5 Å². The van der Waals surface area contributed by atoms with Gasteiger partial charge in [0.25, 0.3) is 0 Å². The molecule has 0 unspecified atom stereocenters. The van der Waals surface area contributed by atoms with E-state index in [2.05, 4.69) is 12.6 Å². The van der Waals surface area contributed by atoms with Gasteiger partial charge in [-0.3, -0.25) is 4.79 Å². The van der Waals surface area contributed by atoms with Crippen molar-refractivity contribution >= 4 is 18.5 Å². The number of benzene rings is 1. The fraction of sp³-hybridized carbons (Fsp3) is 0.500. The summed E-state index contributed by atoms with van der Waals surface area (Å²) in [4.78, 5) is 14.9. The lowest BCUT2D eigenvalue weighted by Gasteiger charge is -2.31. The van der Waals surface area contributed by atoms with Crippen LogP contribution in [0.2, 0.25) is 0 Å². The van der Waals surface area contributed by atoms with Crippen molar-refractivity contribution in [3.8, 4) is 0 Å². The average Bonchev–Trinajstić information content (AvgIpc) is 2.41. The van der Waals surface area contributed by atoms with Gasteiger partial charge in [0.1, 0.15) is 0 Å². The van der Waals surface area contributed by atoms with Crippen LogP contribution in [0, 0.1) is 5.92 Å². The molecule has 18 heavy (non-hydrogen) atoms. The summed E-state index contributed by atoms with van der Waals surface area (Å²) in [5.74, 6) is 0.552. The van der Waals surface area contributed by atoms with Gasteiger partial charge in [0.15, 0.2) is 0 Å². The third-order valence-corrected chi connectivity index (χ3v) is 3.82. The molecule has 1 aromatic rings. The minimum Gasteiger partial charge on any atom is -0.396 e. The molecule has 0 aliphatic carbocycles. The smallest absolute Gasteiger partial charge is 0.226 e. The lowest BCUT2D eigenvalue weighted by Crippen LogP contribution is -2.40.